The van der Waals surface area contributed by atoms with E-state index in [4.69, 9.17) is 16.3 Å². The highest BCUT2D eigenvalue weighted by atomic mass is 35.5. The SMILES string of the molecule is CCOc1ccc(N(C(C)C(=O)Nc2ccc(C)c(Cl)c2)S(C)(=O)=O)cc1. The first-order valence-electron chi connectivity index (χ1n) is 8.42. The van der Waals surface area contributed by atoms with Gasteiger partial charge in [-0.25, -0.2) is 8.42 Å². The summed E-state index contributed by atoms with van der Waals surface area (Å²) in [7, 11) is -3.69. The van der Waals surface area contributed by atoms with Crippen molar-refractivity contribution < 1.29 is 17.9 Å². The van der Waals surface area contributed by atoms with Crippen molar-refractivity contribution in [1.82, 2.24) is 0 Å². The van der Waals surface area contributed by atoms with Crippen molar-refractivity contribution in [2.45, 2.75) is 26.8 Å². The number of amides is 1. The zero-order valence-electron chi connectivity index (χ0n) is 15.7. The number of carbonyl (C=O) groups is 1. The van der Waals surface area contributed by atoms with Gasteiger partial charge in [-0.2, -0.15) is 0 Å². The molecule has 2 aromatic carbocycles. The van der Waals surface area contributed by atoms with Crippen molar-refractivity contribution in [2.24, 2.45) is 0 Å². The van der Waals surface area contributed by atoms with Gasteiger partial charge in [-0.05, 0) is 62.7 Å². The normalized spacial score (nSPS) is 12.3. The van der Waals surface area contributed by atoms with Crippen LogP contribution in [0.4, 0.5) is 11.4 Å². The summed E-state index contributed by atoms with van der Waals surface area (Å²) in [5, 5.41) is 3.23. The van der Waals surface area contributed by atoms with Gasteiger partial charge in [0, 0.05) is 10.7 Å². The Bertz CT molecular complexity index is 914. The van der Waals surface area contributed by atoms with E-state index in [1.807, 2.05) is 13.8 Å². The molecule has 2 rings (SSSR count). The molecule has 0 aromatic heterocycles. The third kappa shape index (κ3) is 5.37. The summed E-state index contributed by atoms with van der Waals surface area (Å²) in [5.74, 6) is 0.162. The molecule has 0 bridgehead atoms. The van der Waals surface area contributed by atoms with Crippen molar-refractivity contribution in [1.29, 1.82) is 0 Å². The fourth-order valence-electron chi connectivity index (χ4n) is 2.58. The largest absolute Gasteiger partial charge is 0.494 e. The van der Waals surface area contributed by atoms with E-state index in [1.54, 1.807) is 42.5 Å². The number of carbonyl (C=O) groups excluding carboxylic acids is 1. The van der Waals surface area contributed by atoms with Gasteiger partial charge >= 0.3 is 0 Å². The fraction of sp³-hybridized carbons (Fsp3) is 0.316. The smallest absolute Gasteiger partial charge is 0.247 e. The quantitative estimate of drug-likeness (QED) is 0.752. The van der Waals surface area contributed by atoms with Crippen molar-refractivity contribution in [3.8, 4) is 5.75 Å². The molecule has 1 amide bonds. The van der Waals surface area contributed by atoms with Gasteiger partial charge in [-0.15, -0.1) is 0 Å². The van der Waals surface area contributed by atoms with E-state index in [1.165, 1.54) is 6.92 Å². The number of sulfonamides is 1. The highest BCUT2D eigenvalue weighted by Gasteiger charge is 2.29. The maximum atomic E-state index is 12.7. The van der Waals surface area contributed by atoms with Gasteiger partial charge in [0.25, 0.3) is 0 Å². The van der Waals surface area contributed by atoms with Crippen LogP contribution in [0.15, 0.2) is 42.5 Å². The van der Waals surface area contributed by atoms with E-state index < -0.39 is 22.0 Å². The third-order valence-corrected chi connectivity index (χ3v) is 5.58. The molecular weight excluding hydrogens is 388 g/mol. The number of rotatable bonds is 7. The molecule has 0 aliphatic rings. The van der Waals surface area contributed by atoms with Crippen LogP contribution in [-0.4, -0.2) is 33.2 Å². The van der Waals surface area contributed by atoms with Crippen LogP contribution < -0.4 is 14.4 Å². The topological polar surface area (TPSA) is 75.7 Å². The molecule has 0 radical (unpaired) electrons. The van der Waals surface area contributed by atoms with E-state index in [0.717, 1.165) is 16.1 Å². The first-order chi connectivity index (χ1) is 12.6. The highest BCUT2D eigenvalue weighted by Crippen LogP contribution is 2.25. The Morgan fingerprint density at radius 3 is 2.37 bits per heavy atom. The lowest BCUT2D eigenvalue weighted by Crippen LogP contribution is -2.45. The van der Waals surface area contributed by atoms with E-state index in [9.17, 15) is 13.2 Å². The van der Waals surface area contributed by atoms with Crippen LogP contribution in [0.1, 0.15) is 19.4 Å². The number of nitrogens with zero attached hydrogens (tertiary/aromatic N) is 1. The molecule has 6 nitrogen and oxygen atoms in total. The first-order valence-corrected chi connectivity index (χ1v) is 10.7. The van der Waals surface area contributed by atoms with Crippen LogP contribution >= 0.6 is 11.6 Å². The summed E-state index contributed by atoms with van der Waals surface area (Å²) in [6, 6.07) is 10.7. The molecule has 0 saturated heterocycles. The van der Waals surface area contributed by atoms with E-state index >= 15 is 0 Å². The molecule has 146 valence electrons. The molecule has 8 heteroatoms. The number of hydrogen-bond donors (Lipinski definition) is 1. The molecule has 0 aliphatic heterocycles. The Balaban J connectivity index is 2.27. The molecule has 0 spiro atoms. The first kappa shape index (κ1) is 21.1. The van der Waals surface area contributed by atoms with Crippen LogP contribution in [-0.2, 0) is 14.8 Å². The Morgan fingerprint density at radius 1 is 1.22 bits per heavy atom. The van der Waals surface area contributed by atoms with Crippen LogP contribution in [0.2, 0.25) is 5.02 Å². The van der Waals surface area contributed by atoms with Crippen LogP contribution in [0, 0.1) is 6.92 Å². The van der Waals surface area contributed by atoms with E-state index in [2.05, 4.69) is 5.32 Å². The summed E-state index contributed by atoms with van der Waals surface area (Å²) in [6.07, 6.45) is 1.07. The summed E-state index contributed by atoms with van der Waals surface area (Å²) in [4.78, 5) is 12.7. The Morgan fingerprint density at radius 2 is 1.85 bits per heavy atom. The molecular formula is C19H23ClN2O4S. The average molecular weight is 411 g/mol. The minimum absolute atomic E-state index is 0.380. The van der Waals surface area contributed by atoms with E-state index in [-0.39, 0.29) is 0 Å². The number of anilines is 2. The number of halogens is 1. The highest BCUT2D eigenvalue weighted by molar-refractivity contribution is 7.92. The van der Waals surface area contributed by atoms with Gasteiger partial charge in [-0.1, -0.05) is 17.7 Å². The second-order valence-electron chi connectivity index (χ2n) is 6.11. The van der Waals surface area contributed by atoms with Crippen LogP contribution in [0.5, 0.6) is 5.75 Å². The van der Waals surface area contributed by atoms with Crippen molar-refractivity contribution in [3.05, 3.63) is 53.1 Å². The Labute approximate surface area is 165 Å². The molecule has 1 unspecified atom stereocenters. The third-order valence-electron chi connectivity index (χ3n) is 3.93. The zero-order chi connectivity index (χ0) is 20.2. The zero-order valence-corrected chi connectivity index (χ0v) is 17.3. The van der Waals surface area contributed by atoms with Gasteiger partial charge in [0.1, 0.15) is 11.8 Å². The van der Waals surface area contributed by atoms with Crippen molar-refractivity contribution in [2.75, 3.05) is 22.5 Å². The number of nitrogens with one attached hydrogen (secondary N) is 1. The second kappa shape index (κ2) is 8.63. The molecule has 27 heavy (non-hydrogen) atoms. The molecule has 1 N–H and O–H groups in total. The van der Waals surface area contributed by atoms with Gasteiger partial charge in [0.2, 0.25) is 15.9 Å². The standard InChI is InChI=1S/C19H23ClN2O4S/c1-5-26-17-10-8-16(9-11-17)22(27(4,24)25)14(3)19(23)21-15-7-6-13(2)18(20)12-15/h6-12,14H,5H2,1-4H3,(H,21,23). The average Bonchev–Trinajstić information content (AvgIpc) is 2.59. The number of ether oxygens (including phenoxy) is 1. The fourth-order valence-corrected chi connectivity index (χ4v) is 3.94. The van der Waals surface area contributed by atoms with Gasteiger partial charge < -0.3 is 10.1 Å². The summed E-state index contributed by atoms with van der Waals surface area (Å²) in [6.45, 7) is 5.75. The molecule has 0 aliphatic carbocycles. The summed E-state index contributed by atoms with van der Waals surface area (Å²) in [5.41, 5.74) is 1.77. The monoisotopic (exact) mass is 410 g/mol. The predicted octanol–water partition coefficient (Wildman–Crippen LogP) is 3.84. The Hall–Kier alpha value is -2.25. The molecule has 0 fully saturated rings. The summed E-state index contributed by atoms with van der Waals surface area (Å²) < 4.78 is 31.1. The minimum atomic E-state index is -3.69. The Kier molecular flexibility index (Phi) is 6.73. The molecule has 0 saturated carbocycles. The lowest BCUT2D eigenvalue weighted by atomic mass is 10.2. The maximum absolute atomic E-state index is 12.7. The second-order valence-corrected chi connectivity index (χ2v) is 8.38. The summed E-state index contributed by atoms with van der Waals surface area (Å²) >= 11 is 6.08. The lowest BCUT2D eigenvalue weighted by molar-refractivity contribution is -0.116. The molecule has 2 aromatic rings. The number of benzene rings is 2. The van der Waals surface area contributed by atoms with Crippen LogP contribution in [0.3, 0.4) is 0 Å². The minimum Gasteiger partial charge on any atom is -0.494 e. The molecule has 0 heterocycles. The van der Waals surface area contributed by atoms with Crippen molar-refractivity contribution in [3.63, 3.8) is 0 Å². The number of aryl methyl sites for hydroxylation is 1. The van der Waals surface area contributed by atoms with Crippen molar-refractivity contribution >= 4 is 38.9 Å². The predicted molar refractivity (Wildman–Crippen MR) is 109 cm³/mol. The van der Waals surface area contributed by atoms with E-state index in [0.29, 0.717) is 28.8 Å². The van der Waals surface area contributed by atoms with Crippen LogP contribution in [0.25, 0.3) is 0 Å². The lowest BCUT2D eigenvalue weighted by Gasteiger charge is -2.28. The maximum Gasteiger partial charge on any atom is 0.247 e. The van der Waals surface area contributed by atoms with Gasteiger partial charge in [-0.3, -0.25) is 9.10 Å². The van der Waals surface area contributed by atoms with Gasteiger partial charge in [0.15, 0.2) is 0 Å². The van der Waals surface area contributed by atoms with Gasteiger partial charge in [0.05, 0.1) is 18.6 Å². The molecule has 1 atom stereocenters. The number of hydrogen-bond acceptors (Lipinski definition) is 4.